The van der Waals surface area contributed by atoms with Gasteiger partial charge in [0.15, 0.2) is 0 Å². The van der Waals surface area contributed by atoms with E-state index in [1.807, 2.05) is 0 Å². The second-order valence-electron chi connectivity index (χ2n) is 4.35. The fourth-order valence-electron chi connectivity index (χ4n) is 2.15. The van der Waals surface area contributed by atoms with Crippen LogP contribution in [-0.4, -0.2) is 50.7 Å². The molecule has 0 aromatic carbocycles. The first-order chi connectivity index (χ1) is 7.86. The summed E-state index contributed by atoms with van der Waals surface area (Å²) in [5, 5.41) is 12.1. The van der Waals surface area contributed by atoms with Gasteiger partial charge in [-0.2, -0.15) is 0 Å². The van der Waals surface area contributed by atoms with Crippen LogP contribution < -0.4 is 5.32 Å². The number of hydrogen-bond donors (Lipinski definition) is 2. The van der Waals surface area contributed by atoms with E-state index in [1.54, 1.807) is 7.11 Å². The molecule has 1 saturated carbocycles. The van der Waals surface area contributed by atoms with Crippen LogP contribution in [0.15, 0.2) is 0 Å². The molecule has 0 aromatic rings. The number of nitrogens with one attached hydrogen (secondary N) is 1. The lowest BCUT2D eigenvalue weighted by Crippen LogP contribution is -2.35. The lowest BCUT2D eigenvalue weighted by Gasteiger charge is -2.28. The second-order valence-corrected chi connectivity index (χ2v) is 4.35. The highest BCUT2D eigenvalue weighted by molar-refractivity contribution is 4.77. The molecule has 4 heteroatoms. The van der Waals surface area contributed by atoms with Gasteiger partial charge in [-0.05, 0) is 38.6 Å². The fraction of sp³-hybridized carbons (Fsp3) is 1.00. The zero-order valence-corrected chi connectivity index (χ0v) is 10.3. The summed E-state index contributed by atoms with van der Waals surface area (Å²) in [6, 6.07) is 0.657. The van der Waals surface area contributed by atoms with Crippen LogP contribution in [0.2, 0.25) is 0 Å². The number of hydrogen-bond acceptors (Lipinski definition) is 4. The molecular weight excluding hydrogens is 206 g/mol. The fourth-order valence-corrected chi connectivity index (χ4v) is 2.15. The molecule has 0 saturated heterocycles. The zero-order chi connectivity index (χ0) is 11.6. The highest BCUT2D eigenvalue weighted by atomic mass is 16.5. The summed E-state index contributed by atoms with van der Waals surface area (Å²) in [5.74, 6) is 0. The maximum absolute atomic E-state index is 8.52. The third kappa shape index (κ3) is 5.80. The average Bonchev–Trinajstić information content (AvgIpc) is 2.34. The molecule has 0 radical (unpaired) electrons. The predicted octanol–water partition coefficient (Wildman–Crippen LogP) is 0.933. The van der Waals surface area contributed by atoms with Crippen LogP contribution in [-0.2, 0) is 9.47 Å². The average molecular weight is 231 g/mol. The molecular formula is C12H25NO3. The van der Waals surface area contributed by atoms with Crippen molar-refractivity contribution in [3.05, 3.63) is 0 Å². The van der Waals surface area contributed by atoms with Gasteiger partial charge < -0.3 is 19.9 Å². The van der Waals surface area contributed by atoms with Crippen molar-refractivity contribution in [2.75, 3.05) is 33.5 Å². The van der Waals surface area contributed by atoms with Crippen LogP contribution in [0.5, 0.6) is 0 Å². The van der Waals surface area contributed by atoms with Gasteiger partial charge in [0.05, 0.1) is 19.3 Å². The van der Waals surface area contributed by atoms with Crippen molar-refractivity contribution in [1.29, 1.82) is 0 Å². The molecule has 96 valence electrons. The predicted molar refractivity (Wildman–Crippen MR) is 63.6 cm³/mol. The van der Waals surface area contributed by atoms with Crippen molar-refractivity contribution >= 4 is 0 Å². The lowest BCUT2D eigenvalue weighted by atomic mass is 9.93. The van der Waals surface area contributed by atoms with E-state index in [-0.39, 0.29) is 6.61 Å². The Morgan fingerprint density at radius 1 is 1.19 bits per heavy atom. The van der Waals surface area contributed by atoms with E-state index in [9.17, 15) is 0 Å². The Labute approximate surface area is 98.3 Å². The van der Waals surface area contributed by atoms with Crippen LogP contribution >= 0.6 is 0 Å². The normalized spacial score (nSPS) is 25.9. The molecule has 0 bridgehead atoms. The molecule has 1 fully saturated rings. The van der Waals surface area contributed by atoms with Crippen LogP contribution in [0, 0.1) is 0 Å². The Bertz CT molecular complexity index is 158. The van der Waals surface area contributed by atoms with Gasteiger partial charge in [-0.3, -0.25) is 0 Å². The Kier molecular flexibility index (Phi) is 7.76. The van der Waals surface area contributed by atoms with Gasteiger partial charge in [-0.15, -0.1) is 0 Å². The van der Waals surface area contributed by atoms with Gasteiger partial charge in [0.25, 0.3) is 0 Å². The summed E-state index contributed by atoms with van der Waals surface area (Å²) in [5.41, 5.74) is 0. The molecule has 16 heavy (non-hydrogen) atoms. The molecule has 1 aliphatic carbocycles. The molecule has 2 N–H and O–H groups in total. The number of aliphatic hydroxyl groups excluding tert-OH is 1. The molecule has 0 unspecified atom stereocenters. The third-order valence-electron chi connectivity index (χ3n) is 3.14. The van der Waals surface area contributed by atoms with Gasteiger partial charge >= 0.3 is 0 Å². The molecule has 0 spiro atoms. The minimum Gasteiger partial charge on any atom is -0.394 e. The Morgan fingerprint density at radius 2 is 1.94 bits per heavy atom. The molecule has 0 aliphatic heterocycles. The lowest BCUT2D eigenvalue weighted by molar-refractivity contribution is 0.0614. The minimum absolute atomic E-state index is 0.120. The Morgan fingerprint density at radius 3 is 2.56 bits per heavy atom. The standard InChI is InChI=1S/C12H25NO3/c1-15-12-5-3-11(4-6-12)13-7-2-9-16-10-8-14/h11-14H,2-10H2,1H3. The largest absolute Gasteiger partial charge is 0.394 e. The molecule has 0 atom stereocenters. The summed E-state index contributed by atoms with van der Waals surface area (Å²) >= 11 is 0. The smallest absolute Gasteiger partial charge is 0.0697 e. The molecule has 0 heterocycles. The Hall–Kier alpha value is -0.160. The van der Waals surface area contributed by atoms with Crippen molar-refractivity contribution < 1.29 is 14.6 Å². The summed E-state index contributed by atoms with van der Waals surface area (Å²) in [4.78, 5) is 0. The maximum atomic E-state index is 8.52. The van der Waals surface area contributed by atoms with E-state index < -0.39 is 0 Å². The van der Waals surface area contributed by atoms with E-state index in [0.29, 0.717) is 18.8 Å². The van der Waals surface area contributed by atoms with Gasteiger partial charge in [-0.25, -0.2) is 0 Å². The van der Waals surface area contributed by atoms with Crippen LogP contribution in [0.3, 0.4) is 0 Å². The van der Waals surface area contributed by atoms with Gasteiger partial charge in [0.1, 0.15) is 0 Å². The zero-order valence-electron chi connectivity index (χ0n) is 10.3. The highest BCUT2D eigenvalue weighted by Crippen LogP contribution is 2.20. The van der Waals surface area contributed by atoms with E-state index in [2.05, 4.69) is 5.32 Å². The molecule has 1 rings (SSSR count). The number of ether oxygens (including phenoxy) is 2. The number of methoxy groups -OCH3 is 1. The first kappa shape index (κ1) is 13.9. The molecule has 0 aromatic heterocycles. The maximum Gasteiger partial charge on any atom is 0.0697 e. The summed E-state index contributed by atoms with van der Waals surface area (Å²) in [6.07, 6.45) is 6.28. The van der Waals surface area contributed by atoms with E-state index in [1.165, 1.54) is 25.7 Å². The monoisotopic (exact) mass is 231 g/mol. The van der Waals surface area contributed by atoms with Gasteiger partial charge in [0.2, 0.25) is 0 Å². The van der Waals surface area contributed by atoms with Crippen molar-refractivity contribution in [3.8, 4) is 0 Å². The first-order valence-corrected chi connectivity index (χ1v) is 6.31. The van der Waals surface area contributed by atoms with E-state index in [0.717, 1.165) is 19.6 Å². The number of rotatable bonds is 8. The third-order valence-corrected chi connectivity index (χ3v) is 3.14. The van der Waals surface area contributed by atoms with Gasteiger partial charge in [-0.1, -0.05) is 0 Å². The summed E-state index contributed by atoms with van der Waals surface area (Å²) in [6.45, 7) is 2.32. The van der Waals surface area contributed by atoms with Crippen molar-refractivity contribution in [2.45, 2.75) is 44.2 Å². The summed E-state index contributed by atoms with van der Waals surface area (Å²) in [7, 11) is 1.80. The SMILES string of the molecule is COC1CCC(NCCCOCCO)CC1. The first-order valence-electron chi connectivity index (χ1n) is 6.31. The van der Waals surface area contributed by atoms with Crippen LogP contribution in [0.25, 0.3) is 0 Å². The van der Waals surface area contributed by atoms with E-state index >= 15 is 0 Å². The van der Waals surface area contributed by atoms with Crippen molar-refractivity contribution in [2.24, 2.45) is 0 Å². The quantitative estimate of drug-likeness (QED) is 0.610. The van der Waals surface area contributed by atoms with Crippen molar-refractivity contribution in [3.63, 3.8) is 0 Å². The topological polar surface area (TPSA) is 50.7 Å². The molecule has 1 aliphatic rings. The highest BCUT2D eigenvalue weighted by Gasteiger charge is 2.19. The second kappa shape index (κ2) is 8.93. The summed E-state index contributed by atoms with van der Waals surface area (Å²) < 4.78 is 10.5. The van der Waals surface area contributed by atoms with E-state index in [4.69, 9.17) is 14.6 Å². The number of aliphatic hydroxyl groups is 1. The Balaban J connectivity index is 1.90. The van der Waals surface area contributed by atoms with Gasteiger partial charge in [0, 0.05) is 19.8 Å². The molecule has 0 amide bonds. The van der Waals surface area contributed by atoms with Crippen LogP contribution in [0.4, 0.5) is 0 Å². The van der Waals surface area contributed by atoms with Crippen LogP contribution in [0.1, 0.15) is 32.1 Å². The molecule has 4 nitrogen and oxygen atoms in total. The van der Waals surface area contributed by atoms with Crippen molar-refractivity contribution in [1.82, 2.24) is 5.32 Å². The minimum atomic E-state index is 0.120.